The molecule has 0 saturated carbocycles. The molecule has 2 N–H and O–H groups in total. The van der Waals surface area contributed by atoms with Crippen LogP contribution in [0.25, 0.3) is 0 Å². The highest BCUT2D eigenvalue weighted by atomic mass is 16.7. The van der Waals surface area contributed by atoms with Crippen LogP contribution in [0, 0.1) is 0 Å². The van der Waals surface area contributed by atoms with E-state index in [2.05, 4.69) is 5.32 Å². The fraction of sp³-hybridized carbons (Fsp3) is 0.538. The third kappa shape index (κ3) is 3.05. The number of fused-ring (bicyclic) bond motifs is 1. The summed E-state index contributed by atoms with van der Waals surface area (Å²) in [6.07, 6.45) is 1.59. The van der Waals surface area contributed by atoms with Gasteiger partial charge in [0, 0.05) is 24.8 Å². The van der Waals surface area contributed by atoms with E-state index in [9.17, 15) is 0 Å². The molecule has 1 aliphatic rings. The van der Waals surface area contributed by atoms with Crippen molar-refractivity contribution in [2.45, 2.75) is 19.4 Å². The van der Waals surface area contributed by atoms with Crippen LogP contribution in [-0.2, 0) is 6.54 Å². The van der Waals surface area contributed by atoms with Crippen LogP contribution in [0.15, 0.2) is 12.1 Å². The maximum absolute atomic E-state index is 8.73. The summed E-state index contributed by atoms with van der Waals surface area (Å²) in [6, 6.07) is 3.81. The molecule has 0 spiro atoms. The quantitative estimate of drug-likeness (QED) is 0.717. The number of hydrogen-bond acceptors (Lipinski definition) is 5. The van der Waals surface area contributed by atoms with Crippen molar-refractivity contribution in [1.82, 2.24) is 5.32 Å². The summed E-state index contributed by atoms with van der Waals surface area (Å²) in [5, 5.41) is 11.8. The van der Waals surface area contributed by atoms with Crippen molar-refractivity contribution in [3.05, 3.63) is 17.7 Å². The van der Waals surface area contributed by atoms with Crippen LogP contribution < -0.4 is 19.5 Å². The van der Waals surface area contributed by atoms with Gasteiger partial charge in [0.15, 0.2) is 11.5 Å². The van der Waals surface area contributed by atoms with Gasteiger partial charge in [-0.1, -0.05) is 0 Å². The largest absolute Gasteiger partial charge is 0.493 e. The zero-order valence-corrected chi connectivity index (χ0v) is 10.6. The van der Waals surface area contributed by atoms with Crippen LogP contribution in [0.1, 0.15) is 18.4 Å². The zero-order chi connectivity index (χ0) is 12.8. The van der Waals surface area contributed by atoms with Gasteiger partial charge in [-0.05, 0) is 26.0 Å². The Hall–Kier alpha value is -1.46. The van der Waals surface area contributed by atoms with E-state index in [0.29, 0.717) is 13.2 Å². The van der Waals surface area contributed by atoms with Crippen molar-refractivity contribution in [3.8, 4) is 17.2 Å². The minimum Gasteiger partial charge on any atom is -0.493 e. The van der Waals surface area contributed by atoms with Crippen LogP contribution in [0.2, 0.25) is 0 Å². The minimum atomic E-state index is 0.202. The molecule has 5 nitrogen and oxygen atoms in total. The van der Waals surface area contributed by atoms with Crippen LogP contribution in [0.3, 0.4) is 0 Å². The first-order valence-electron chi connectivity index (χ1n) is 6.16. The molecule has 1 aromatic rings. The molecule has 0 aromatic heterocycles. The Morgan fingerprint density at radius 2 is 2.06 bits per heavy atom. The highest BCUT2D eigenvalue weighted by molar-refractivity contribution is 5.51. The molecular formula is C13H19NO4. The molecule has 0 amide bonds. The van der Waals surface area contributed by atoms with Gasteiger partial charge in [-0.2, -0.15) is 0 Å². The summed E-state index contributed by atoms with van der Waals surface area (Å²) >= 11 is 0. The van der Waals surface area contributed by atoms with Crippen LogP contribution in [0.4, 0.5) is 0 Å². The Bertz CT molecular complexity index is 395. The first kappa shape index (κ1) is 13.0. The smallest absolute Gasteiger partial charge is 0.231 e. The van der Waals surface area contributed by atoms with E-state index in [-0.39, 0.29) is 13.4 Å². The van der Waals surface area contributed by atoms with Gasteiger partial charge in [0.2, 0.25) is 6.79 Å². The number of rotatable bonds is 7. The van der Waals surface area contributed by atoms with Crippen LogP contribution in [0.5, 0.6) is 17.2 Å². The zero-order valence-electron chi connectivity index (χ0n) is 10.6. The molecule has 0 saturated heterocycles. The SMILES string of the molecule is CNCc1cc2c(cc1OCCCCO)OCO2. The summed E-state index contributed by atoms with van der Waals surface area (Å²) in [4.78, 5) is 0. The van der Waals surface area contributed by atoms with E-state index >= 15 is 0 Å². The molecule has 5 heteroatoms. The summed E-state index contributed by atoms with van der Waals surface area (Å²) in [5.41, 5.74) is 1.05. The van der Waals surface area contributed by atoms with Crippen molar-refractivity contribution in [2.75, 3.05) is 27.1 Å². The predicted molar refractivity (Wildman–Crippen MR) is 67.1 cm³/mol. The standard InChI is InChI=1S/C13H19NO4/c1-14-8-10-6-12-13(18-9-17-12)7-11(10)16-5-3-2-4-15/h6-7,14-15H,2-5,8-9H2,1H3. The maximum atomic E-state index is 8.73. The highest BCUT2D eigenvalue weighted by Crippen LogP contribution is 2.38. The lowest BCUT2D eigenvalue weighted by Crippen LogP contribution is -2.08. The molecule has 18 heavy (non-hydrogen) atoms. The van der Waals surface area contributed by atoms with Gasteiger partial charge < -0.3 is 24.6 Å². The normalized spacial score (nSPS) is 12.8. The molecule has 0 fully saturated rings. The van der Waals surface area contributed by atoms with Gasteiger partial charge in [-0.25, -0.2) is 0 Å². The predicted octanol–water partition coefficient (Wildman–Crippen LogP) is 1.29. The van der Waals surface area contributed by atoms with E-state index in [1.165, 1.54) is 0 Å². The number of benzene rings is 1. The summed E-state index contributed by atoms with van der Waals surface area (Å²) in [5.74, 6) is 2.31. The lowest BCUT2D eigenvalue weighted by atomic mass is 10.1. The molecule has 100 valence electrons. The number of nitrogens with one attached hydrogen (secondary N) is 1. The second-order valence-corrected chi connectivity index (χ2v) is 4.12. The lowest BCUT2D eigenvalue weighted by molar-refractivity contribution is 0.173. The van der Waals surface area contributed by atoms with Crippen molar-refractivity contribution in [2.24, 2.45) is 0 Å². The average Bonchev–Trinajstić information content (AvgIpc) is 2.82. The Kier molecular flexibility index (Phi) is 4.66. The Morgan fingerprint density at radius 1 is 1.28 bits per heavy atom. The fourth-order valence-corrected chi connectivity index (χ4v) is 1.82. The Labute approximate surface area is 107 Å². The molecule has 0 aliphatic carbocycles. The number of unbranched alkanes of at least 4 members (excludes halogenated alkanes) is 1. The number of ether oxygens (including phenoxy) is 3. The van der Waals surface area contributed by atoms with Gasteiger partial charge in [0.05, 0.1) is 6.61 Å². The van der Waals surface area contributed by atoms with E-state index in [1.807, 2.05) is 19.2 Å². The van der Waals surface area contributed by atoms with E-state index < -0.39 is 0 Å². The molecule has 1 aliphatic heterocycles. The first-order valence-corrected chi connectivity index (χ1v) is 6.16. The third-order valence-electron chi connectivity index (χ3n) is 2.73. The van der Waals surface area contributed by atoms with E-state index in [1.54, 1.807) is 0 Å². The van der Waals surface area contributed by atoms with Crippen LogP contribution >= 0.6 is 0 Å². The van der Waals surface area contributed by atoms with Crippen molar-refractivity contribution < 1.29 is 19.3 Å². The van der Waals surface area contributed by atoms with Gasteiger partial charge in [-0.3, -0.25) is 0 Å². The number of hydrogen-bond donors (Lipinski definition) is 2. The first-order chi connectivity index (χ1) is 8.85. The molecule has 1 aromatic carbocycles. The molecule has 0 radical (unpaired) electrons. The van der Waals surface area contributed by atoms with Crippen molar-refractivity contribution in [1.29, 1.82) is 0 Å². The van der Waals surface area contributed by atoms with Gasteiger partial charge in [-0.15, -0.1) is 0 Å². The van der Waals surface area contributed by atoms with Crippen LogP contribution in [-0.4, -0.2) is 32.2 Å². The van der Waals surface area contributed by atoms with E-state index in [0.717, 1.165) is 35.7 Å². The third-order valence-corrected chi connectivity index (χ3v) is 2.73. The van der Waals surface area contributed by atoms with Crippen molar-refractivity contribution >= 4 is 0 Å². The fourth-order valence-electron chi connectivity index (χ4n) is 1.82. The molecule has 1 heterocycles. The second-order valence-electron chi connectivity index (χ2n) is 4.12. The molecule has 2 rings (SSSR count). The summed E-state index contributed by atoms with van der Waals surface area (Å²) < 4.78 is 16.4. The molecule has 0 atom stereocenters. The minimum absolute atomic E-state index is 0.202. The average molecular weight is 253 g/mol. The Balaban J connectivity index is 2.06. The Morgan fingerprint density at radius 3 is 2.78 bits per heavy atom. The highest BCUT2D eigenvalue weighted by Gasteiger charge is 2.17. The van der Waals surface area contributed by atoms with Gasteiger partial charge >= 0.3 is 0 Å². The molecular weight excluding hydrogens is 234 g/mol. The monoisotopic (exact) mass is 253 g/mol. The summed E-state index contributed by atoms with van der Waals surface area (Å²) in [7, 11) is 1.89. The van der Waals surface area contributed by atoms with Crippen molar-refractivity contribution in [3.63, 3.8) is 0 Å². The topological polar surface area (TPSA) is 60.0 Å². The summed E-state index contributed by atoms with van der Waals surface area (Å²) in [6.45, 7) is 1.78. The maximum Gasteiger partial charge on any atom is 0.231 e. The van der Waals surface area contributed by atoms with E-state index in [4.69, 9.17) is 19.3 Å². The lowest BCUT2D eigenvalue weighted by Gasteiger charge is -2.12. The van der Waals surface area contributed by atoms with Gasteiger partial charge in [0.25, 0.3) is 0 Å². The molecule has 0 unspecified atom stereocenters. The number of aliphatic hydroxyl groups is 1. The molecule has 0 bridgehead atoms. The number of aliphatic hydroxyl groups excluding tert-OH is 1. The second kappa shape index (κ2) is 6.47. The van der Waals surface area contributed by atoms with Gasteiger partial charge in [0.1, 0.15) is 5.75 Å².